The molecule has 0 bridgehead atoms. The molecule has 0 amide bonds. The largest absolute Gasteiger partial charge is 0.355 e. The number of hydrogen-bond acceptors (Lipinski definition) is 2. The molecule has 2 aliphatic carbocycles. The van der Waals surface area contributed by atoms with E-state index in [4.69, 9.17) is 5.84 Å². The summed E-state index contributed by atoms with van der Waals surface area (Å²) >= 11 is 0. The first kappa shape index (κ1) is 17.9. The minimum atomic E-state index is 0.444. The van der Waals surface area contributed by atoms with Crippen molar-refractivity contribution < 1.29 is 0 Å². The van der Waals surface area contributed by atoms with Crippen LogP contribution in [0.25, 0.3) is 22.6 Å². The van der Waals surface area contributed by atoms with Crippen LogP contribution in [0.15, 0.2) is 72.5 Å². The zero-order chi connectivity index (χ0) is 20.0. The molecule has 146 valence electrons. The van der Waals surface area contributed by atoms with E-state index in [1.165, 1.54) is 27.8 Å². The number of fused-ring (bicyclic) bond motifs is 3. The van der Waals surface area contributed by atoms with E-state index in [0.717, 1.165) is 29.7 Å². The summed E-state index contributed by atoms with van der Waals surface area (Å²) in [6, 6.07) is 17.2. The van der Waals surface area contributed by atoms with Crippen molar-refractivity contribution in [2.45, 2.75) is 26.7 Å². The normalized spacial score (nSPS) is 20.9. The first-order valence-corrected chi connectivity index (χ1v) is 10.5. The van der Waals surface area contributed by atoms with Crippen molar-refractivity contribution >= 4 is 28.2 Å². The van der Waals surface area contributed by atoms with Crippen molar-refractivity contribution in [1.82, 2.24) is 4.68 Å². The molecule has 3 N–H and O–H groups in total. The van der Waals surface area contributed by atoms with E-state index < -0.39 is 0 Å². The van der Waals surface area contributed by atoms with Crippen LogP contribution in [0.3, 0.4) is 0 Å². The highest BCUT2D eigenvalue weighted by atomic mass is 15.3. The van der Waals surface area contributed by atoms with Crippen LogP contribution in [0.4, 0.5) is 5.69 Å². The maximum atomic E-state index is 6.52. The number of nitrogens with one attached hydrogen (secondary N) is 1. The predicted molar refractivity (Wildman–Crippen MR) is 124 cm³/mol. The smallest absolute Gasteiger partial charge is 0.0706 e. The molecule has 3 nitrogen and oxygen atoms in total. The summed E-state index contributed by atoms with van der Waals surface area (Å²) < 4.78 is 1.87. The topological polar surface area (TPSA) is 43.0 Å². The van der Waals surface area contributed by atoms with E-state index in [0.29, 0.717) is 11.8 Å². The van der Waals surface area contributed by atoms with Crippen LogP contribution < -0.4 is 11.2 Å². The van der Waals surface area contributed by atoms with Crippen LogP contribution in [-0.4, -0.2) is 4.68 Å². The minimum absolute atomic E-state index is 0.444. The molecule has 1 heterocycles. The lowest BCUT2D eigenvalue weighted by atomic mass is 9.85. The van der Waals surface area contributed by atoms with Gasteiger partial charge in [-0.15, -0.1) is 0 Å². The Morgan fingerprint density at radius 3 is 2.69 bits per heavy atom. The maximum Gasteiger partial charge on any atom is 0.0706 e. The Balaban J connectivity index is 1.64. The average molecular weight is 382 g/mol. The molecule has 5 rings (SSSR count). The third kappa shape index (κ3) is 3.07. The molecular weight excluding hydrogens is 354 g/mol. The standard InChI is InChI=1S/C26H27N3/c1-17-11-14-24-22(15-17)21-13-12-19(16-25(21)29(24)27)26-18(2)7-6-10-23(26)28-20-8-4-3-5-9-20/h3-6,8-14,16-18,28H,7,15,27H2,1-2H3. The van der Waals surface area contributed by atoms with Crippen molar-refractivity contribution in [1.29, 1.82) is 0 Å². The molecule has 0 fully saturated rings. The van der Waals surface area contributed by atoms with Crippen molar-refractivity contribution in [2.24, 2.45) is 11.8 Å². The Hall–Kier alpha value is -3.20. The number of allylic oxidation sites excluding steroid dienone is 4. The van der Waals surface area contributed by atoms with E-state index >= 15 is 0 Å². The van der Waals surface area contributed by atoms with Crippen LogP contribution in [-0.2, 0) is 6.42 Å². The Morgan fingerprint density at radius 2 is 1.86 bits per heavy atom. The SMILES string of the molecule is CC1C=Cc2c(c3ccc(C4=C(Nc5ccccc5)C=CCC4C)cc3n2N)C1. The molecule has 0 saturated carbocycles. The number of anilines is 1. The molecule has 0 radical (unpaired) electrons. The fourth-order valence-corrected chi connectivity index (χ4v) is 4.70. The third-order valence-corrected chi connectivity index (χ3v) is 6.18. The van der Waals surface area contributed by atoms with Crippen LogP contribution in [0.5, 0.6) is 0 Å². The number of nitrogen functional groups attached to an aromatic ring is 1. The monoisotopic (exact) mass is 381 g/mol. The number of nitrogens with two attached hydrogens (primary N) is 1. The first-order chi connectivity index (χ1) is 14.1. The van der Waals surface area contributed by atoms with Crippen molar-refractivity contribution in [3.8, 4) is 0 Å². The third-order valence-electron chi connectivity index (χ3n) is 6.18. The number of benzene rings is 2. The lowest BCUT2D eigenvalue weighted by Gasteiger charge is -2.24. The zero-order valence-electron chi connectivity index (χ0n) is 17.0. The van der Waals surface area contributed by atoms with E-state index in [1.54, 1.807) is 0 Å². The number of nitrogens with zero attached hydrogens (tertiary/aromatic N) is 1. The van der Waals surface area contributed by atoms with Gasteiger partial charge in [0, 0.05) is 16.8 Å². The van der Waals surface area contributed by atoms with Crippen LogP contribution in [0, 0.1) is 11.8 Å². The molecule has 1 aromatic heterocycles. The molecule has 0 aliphatic heterocycles. The Bertz CT molecular complexity index is 1160. The second-order valence-corrected chi connectivity index (χ2v) is 8.36. The fourth-order valence-electron chi connectivity index (χ4n) is 4.70. The molecule has 0 spiro atoms. The van der Waals surface area contributed by atoms with Gasteiger partial charge in [-0.2, -0.15) is 0 Å². The molecular formula is C26H27N3. The summed E-state index contributed by atoms with van der Waals surface area (Å²) in [5.74, 6) is 7.52. The van der Waals surface area contributed by atoms with Gasteiger partial charge in [-0.05, 0) is 71.7 Å². The summed E-state index contributed by atoms with van der Waals surface area (Å²) in [5.41, 5.74) is 8.49. The van der Waals surface area contributed by atoms with Crippen LogP contribution >= 0.6 is 0 Å². The lowest BCUT2D eigenvalue weighted by molar-refractivity contribution is 0.716. The van der Waals surface area contributed by atoms with E-state index in [-0.39, 0.29) is 0 Å². The quantitative estimate of drug-likeness (QED) is 0.548. The summed E-state index contributed by atoms with van der Waals surface area (Å²) in [5, 5.41) is 4.90. The second kappa shape index (κ2) is 7.00. The van der Waals surface area contributed by atoms with Gasteiger partial charge in [0.2, 0.25) is 0 Å². The van der Waals surface area contributed by atoms with E-state index in [2.05, 4.69) is 85.9 Å². The Labute approximate surface area is 172 Å². The van der Waals surface area contributed by atoms with Crippen molar-refractivity contribution in [3.05, 3.63) is 89.3 Å². The van der Waals surface area contributed by atoms with Crippen LogP contribution in [0.2, 0.25) is 0 Å². The lowest BCUT2D eigenvalue weighted by Crippen LogP contribution is -2.13. The van der Waals surface area contributed by atoms with Gasteiger partial charge in [0.05, 0.1) is 11.2 Å². The number of para-hydroxylation sites is 1. The van der Waals surface area contributed by atoms with Gasteiger partial charge in [0.25, 0.3) is 0 Å². The van der Waals surface area contributed by atoms with Crippen molar-refractivity contribution in [3.63, 3.8) is 0 Å². The molecule has 3 heteroatoms. The zero-order valence-corrected chi connectivity index (χ0v) is 17.0. The summed E-state index contributed by atoms with van der Waals surface area (Å²) in [7, 11) is 0. The van der Waals surface area contributed by atoms with Crippen LogP contribution in [0.1, 0.15) is 37.1 Å². The highest BCUT2D eigenvalue weighted by molar-refractivity contribution is 5.92. The highest BCUT2D eigenvalue weighted by Crippen LogP contribution is 2.38. The molecule has 0 saturated heterocycles. The van der Waals surface area contributed by atoms with Gasteiger partial charge in [0.15, 0.2) is 0 Å². The molecule has 2 atom stereocenters. The van der Waals surface area contributed by atoms with Gasteiger partial charge < -0.3 is 11.2 Å². The minimum Gasteiger partial charge on any atom is -0.355 e. The van der Waals surface area contributed by atoms with E-state index in [9.17, 15) is 0 Å². The van der Waals surface area contributed by atoms with Gasteiger partial charge in [-0.1, -0.05) is 56.3 Å². The molecule has 29 heavy (non-hydrogen) atoms. The molecule has 3 aromatic rings. The summed E-state index contributed by atoms with van der Waals surface area (Å²) in [4.78, 5) is 0. The maximum absolute atomic E-state index is 6.52. The highest BCUT2D eigenvalue weighted by Gasteiger charge is 2.22. The van der Waals surface area contributed by atoms with Gasteiger partial charge in [-0.3, -0.25) is 4.68 Å². The average Bonchev–Trinajstić information content (AvgIpc) is 3.00. The number of aromatic nitrogens is 1. The van der Waals surface area contributed by atoms with Crippen molar-refractivity contribution in [2.75, 3.05) is 11.2 Å². The molecule has 2 unspecified atom stereocenters. The molecule has 2 aromatic carbocycles. The van der Waals surface area contributed by atoms with Gasteiger partial charge in [-0.25, -0.2) is 0 Å². The predicted octanol–water partition coefficient (Wildman–Crippen LogP) is 5.98. The van der Waals surface area contributed by atoms with E-state index in [1.807, 2.05) is 10.7 Å². The summed E-state index contributed by atoms with van der Waals surface area (Å²) in [6.07, 6.45) is 11.0. The summed E-state index contributed by atoms with van der Waals surface area (Å²) in [6.45, 7) is 4.56. The first-order valence-electron chi connectivity index (χ1n) is 10.5. The Kier molecular flexibility index (Phi) is 4.31. The number of rotatable bonds is 3. The number of hydrogen-bond donors (Lipinski definition) is 2. The molecule has 2 aliphatic rings. The second-order valence-electron chi connectivity index (χ2n) is 8.36. The van der Waals surface area contributed by atoms with Gasteiger partial charge >= 0.3 is 0 Å². The van der Waals surface area contributed by atoms with Gasteiger partial charge in [0.1, 0.15) is 0 Å². The Morgan fingerprint density at radius 1 is 1.03 bits per heavy atom. The fraction of sp³-hybridized carbons (Fsp3) is 0.231.